The third-order valence-corrected chi connectivity index (χ3v) is 6.58. The summed E-state index contributed by atoms with van der Waals surface area (Å²) in [6.45, 7) is 11.7. The number of pyridine rings is 1. The van der Waals surface area contributed by atoms with Crippen LogP contribution in [-0.2, 0) is 11.3 Å². The van der Waals surface area contributed by atoms with Crippen LogP contribution < -0.4 is 10.2 Å². The normalized spacial score (nSPS) is 14.3. The fourth-order valence-corrected chi connectivity index (χ4v) is 4.67. The standard InChI is InChI=1S/C27H31F2N7O3/c1-6-35-15-19-21(33-9-11-34(12-10-33)26(38)39-27(3,4)5)8-7-18(22(19)32-35)25(37)31-17-13-20(28)24-30-16(2)23(29)36(24)14-17/h7-8,13-15H,6,9-12H2,1-5H3,(H,31,37). The minimum Gasteiger partial charge on any atom is -0.444 e. The molecule has 3 aromatic heterocycles. The molecular formula is C27H31F2N7O3. The van der Waals surface area contributed by atoms with Gasteiger partial charge in [0.1, 0.15) is 11.1 Å². The average molecular weight is 540 g/mol. The van der Waals surface area contributed by atoms with Crippen LogP contribution in [0.25, 0.3) is 16.6 Å². The third-order valence-electron chi connectivity index (χ3n) is 6.58. The van der Waals surface area contributed by atoms with E-state index in [-0.39, 0.29) is 23.1 Å². The molecule has 0 radical (unpaired) electrons. The van der Waals surface area contributed by atoms with E-state index < -0.39 is 23.3 Å². The number of aromatic nitrogens is 4. The smallest absolute Gasteiger partial charge is 0.410 e. The molecule has 1 aromatic carbocycles. The van der Waals surface area contributed by atoms with E-state index >= 15 is 0 Å². The Bertz CT molecular complexity index is 1580. The van der Waals surface area contributed by atoms with Crippen LogP contribution in [0.1, 0.15) is 43.7 Å². The molecular weight excluding hydrogens is 508 g/mol. The molecule has 10 nitrogen and oxygen atoms in total. The summed E-state index contributed by atoms with van der Waals surface area (Å²) in [5, 5.41) is 8.07. The van der Waals surface area contributed by atoms with E-state index in [9.17, 15) is 18.4 Å². The number of nitrogens with one attached hydrogen (secondary N) is 1. The average Bonchev–Trinajstić information content (AvgIpc) is 3.44. The van der Waals surface area contributed by atoms with Gasteiger partial charge in [0.2, 0.25) is 5.95 Å². The number of hydrogen-bond acceptors (Lipinski definition) is 6. The van der Waals surface area contributed by atoms with E-state index in [1.54, 1.807) is 15.6 Å². The van der Waals surface area contributed by atoms with Crippen molar-refractivity contribution < 1.29 is 23.1 Å². The number of aryl methyl sites for hydroxylation is 2. The number of rotatable bonds is 4. The molecule has 0 aliphatic carbocycles. The molecule has 1 aliphatic heterocycles. The van der Waals surface area contributed by atoms with Gasteiger partial charge in [-0.05, 0) is 46.8 Å². The van der Waals surface area contributed by atoms with Crippen molar-refractivity contribution in [2.45, 2.75) is 46.8 Å². The number of anilines is 2. The molecule has 206 valence electrons. The summed E-state index contributed by atoms with van der Waals surface area (Å²) in [6.07, 6.45) is 2.85. The minimum atomic E-state index is -0.749. The van der Waals surface area contributed by atoms with Gasteiger partial charge < -0.3 is 19.9 Å². The second kappa shape index (κ2) is 9.83. The van der Waals surface area contributed by atoms with Crippen molar-refractivity contribution in [3.63, 3.8) is 0 Å². The minimum absolute atomic E-state index is 0.0618. The van der Waals surface area contributed by atoms with E-state index in [4.69, 9.17) is 4.74 Å². The first-order chi connectivity index (χ1) is 18.4. The van der Waals surface area contributed by atoms with Crippen LogP contribution in [-0.4, -0.2) is 67.8 Å². The maximum Gasteiger partial charge on any atom is 0.410 e. The van der Waals surface area contributed by atoms with Gasteiger partial charge in [0.15, 0.2) is 11.5 Å². The van der Waals surface area contributed by atoms with Crippen LogP contribution >= 0.6 is 0 Å². The molecule has 1 fully saturated rings. The number of ether oxygens (including phenoxy) is 1. The zero-order chi connectivity index (χ0) is 28.1. The zero-order valence-electron chi connectivity index (χ0n) is 22.6. The highest BCUT2D eigenvalue weighted by Crippen LogP contribution is 2.31. The second-order valence-corrected chi connectivity index (χ2v) is 10.5. The third kappa shape index (κ3) is 5.10. The van der Waals surface area contributed by atoms with Crippen LogP contribution in [0.15, 0.2) is 30.6 Å². The number of carbonyl (C=O) groups excluding carboxylic acids is 2. The highest BCUT2D eigenvalue weighted by Gasteiger charge is 2.27. The maximum absolute atomic E-state index is 14.6. The van der Waals surface area contributed by atoms with Crippen molar-refractivity contribution in [3.8, 4) is 0 Å². The van der Waals surface area contributed by atoms with Crippen LogP contribution in [0.4, 0.5) is 25.0 Å². The lowest BCUT2D eigenvalue weighted by Gasteiger charge is -2.37. The first kappa shape index (κ1) is 26.4. The summed E-state index contributed by atoms with van der Waals surface area (Å²) in [4.78, 5) is 33.5. The molecule has 12 heteroatoms. The van der Waals surface area contributed by atoms with Gasteiger partial charge in [-0.25, -0.2) is 14.2 Å². The maximum atomic E-state index is 14.6. The van der Waals surface area contributed by atoms with Crippen molar-refractivity contribution >= 4 is 39.9 Å². The molecule has 39 heavy (non-hydrogen) atoms. The largest absolute Gasteiger partial charge is 0.444 e. The first-order valence-corrected chi connectivity index (χ1v) is 12.8. The Morgan fingerprint density at radius 3 is 2.49 bits per heavy atom. The second-order valence-electron chi connectivity index (χ2n) is 10.5. The Balaban J connectivity index is 1.40. The van der Waals surface area contributed by atoms with Crippen LogP contribution in [0.5, 0.6) is 0 Å². The molecule has 0 unspecified atom stereocenters. The number of amides is 2. The lowest BCUT2D eigenvalue weighted by molar-refractivity contribution is 0.0240. The number of halogens is 2. The molecule has 5 rings (SSSR count). The summed E-state index contributed by atoms with van der Waals surface area (Å²) in [7, 11) is 0. The molecule has 1 saturated heterocycles. The Morgan fingerprint density at radius 1 is 1.10 bits per heavy atom. The number of hydrogen-bond donors (Lipinski definition) is 1. The predicted molar refractivity (Wildman–Crippen MR) is 143 cm³/mol. The summed E-state index contributed by atoms with van der Waals surface area (Å²) in [5.41, 5.74) is 1.13. The fraction of sp³-hybridized carbons (Fsp3) is 0.407. The Morgan fingerprint density at radius 2 is 1.82 bits per heavy atom. The van der Waals surface area contributed by atoms with Gasteiger partial charge in [-0.15, -0.1) is 0 Å². The lowest BCUT2D eigenvalue weighted by Crippen LogP contribution is -2.50. The number of benzene rings is 1. The topological polar surface area (TPSA) is 97.0 Å². The number of fused-ring (bicyclic) bond motifs is 2. The van der Waals surface area contributed by atoms with Gasteiger partial charge in [0.25, 0.3) is 5.91 Å². The molecule has 1 N–H and O–H groups in total. The summed E-state index contributed by atoms with van der Waals surface area (Å²) >= 11 is 0. The fourth-order valence-electron chi connectivity index (χ4n) is 4.67. The van der Waals surface area contributed by atoms with Crippen molar-refractivity contribution in [2.75, 3.05) is 36.4 Å². The van der Waals surface area contributed by atoms with E-state index in [0.717, 1.165) is 21.5 Å². The van der Waals surface area contributed by atoms with Crippen molar-refractivity contribution in [1.82, 2.24) is 24.1 Å². The van der Waals surface area contributed by atoms with E-state index in [1.165, 1.54) is 13.1 Å². The molecule has 0 bridgehead atoms. The highest BCUT2D eigenvalue weighted by atomic mass is 19.1. The summed E-state index contributed by atoms with van der Waals surface area (Å²) < 4.78 is 37.1. The van der Waals surface area contributed by atoms with Gasteiger partial charge >= 0.3 is 6.09 Å². The number of piperazine rings is 1. The molecule has 1 aliphatic rings. The van der Waals surface area contributed by atoms with Gasteiger partial charge in [-0.2, -0.15) is 9.49 Å². The molecule has 0 spiro atoms. The van der Waals surface area contributed by atoms with Crippen molar-refractivity contribution in [1.29, 1.82) is 0 Å². The molecule has 4 aromatic rings. The number of carbonyl (C=O) groups is 2. The van der Waals surface area contributed by atoms with Crippen molar-refractivity contribution in [3.05, 3.63) is 53.6 Å². The molecule has 2 amide bonds. The monoisotopic (exact) mass is 539 g/mol. The van der Waals surface area contributed by atoms with E-state index in [0.29, 0.717) is 43.8 Å². The molecule has 4 heterocycles. The van der Waals surface area contributed by atoms with Gasteiger partial charge in [-0.3, -0.25) is 13.9 Å². The van der Waals surface area contributed by atoms with E-state index in [1.807, 2.05) is 40.0 Å². The molecule has 0 saturated carbocycles. The van der Waals surface area contributed by atoms with Crippen LogP contribution in [0, 0.1) is 18.7 Å². The number of imidazole rings is 1. The van der Waals surface area contributed by atoms with Crippen LogP contribution in [0.2, 0.25) is 0 Å². The van der Waals surface area contributed by atoms with Gasteiger partial charge in [0, 0.05) is 62.3 Å². The quantitative estimate of drug-likeness (QED) is 0.407. The van der Waals surface area contributed by atoms with Crippen LogP contribution in [0.3, 0.4) is 0 Å². The van der Waals surface area contributed by atoms with Crippen molar-refractivity contribution in [2.24, 2.45) is 0 Å². The predicted octanol–water partition coefficient (Wildman–Crippen LogP) is 4.60. The highest BCUT2D eigenvalue weighted by molar-refractivity contribution is 6.13. The summed E-state index contributed by atoms with van der Waals surface area (Å²) in [5.74, 6) is -1.94. The number of nitrogens with zero attached hydrogens (tertiary/aromatic N) is 6. The molecule has 0 atom stereocenters. The Kier molecular flexibility index (Phi) is 6.65. The SMILES string of the molecule is CCn1cc2c(N3CCN(C(=O)OC(C)(C)C)CC3)ccc(C(=O)Nc3cc(F)c4nc(C)c(F)n4c3)c2n1. The van der Waals surface area contributed by atoms with Gasteiger partial charge in [0.05, 0.1) is 16.9 Å². The zero-order valence-corrected chi connectivity index (χ0v) is 22.6. The first-order valence-electron chi connectivity index (χ1n) is 12.8. The van der Waals surface area contributed by atoms with E-state index in [2.05, 4.69) is 20.3 Å². The Labute approximate surface area is 224 Å². The lowest BCUT2D eigenvalue weighted by atomic mass is 10.1. The van der Waals surface area contributed by atoms with Gasteiger partial charge in [-0.1, -0.05) is 0 Å². The summed E-state index contributed by atoms with van der Waals surface area (Å²) in [6, 6.07) is 4.64. The Hall–Kier alpha value is -4.22.